The van der Waals surface area contributed by atoms with Gasteiger partial charge in [0.05, 0.1) is 18.4 Å². The molecule has 1 heterocycles. The maximum absolute atomic E-state index is 12.6. The molecule has 146 valence electrons. The zero-order valence-electron chi connectivity index (χ0n) is 17.2. The average Bonchev–Trinajstić information content (AvgIpc) is 2.94. The quantitative estimate of drug-likeness (QED) is 0.430. The molecule has 1 atom stereocenters. The van der Waals surface area contributed by atoms with E-state index in [4.69, 9.17) is 4.74 Å². The lowest BCUT2D eigenvalue weighted by atomic mass is 9.74. The first kappa shape index (κ1) is 19.1. The van der Waals surface area contributed by atoms with E-state index in [1.165, 1.54) is 16.3 Å². The number of benzene rings is 3. The third kappa shape index (κ3) is 3.38. The van der Waals surface area contributed by atoms with Gasteiger partial charge in [0.1, 0.15) is 7.05 Å². The molecule has 3 aromatic rings. The second-order valence-corrected chi connectivity index (χ2v) is 7.68. The van der Waals surface area contributed by atoms with Crippen molar-refractivity contribution in [1.82, 2.24) is 0 Å². The number of carbonyl (C=O) groups excluding carboxylic acids is 1. The number of carbonyl (C=O) groups is 1. The van der Waals surface area contributed by atoms with Crippen LogP contribution in [0.5, 0.6) is 0 Å². The Balaban J connectivity index is 1.88. The van der Waals surface area contributed by atoms with E-state index >= 15 is 0 Å². The third-order valence-corrected chi connectivity index (χ3v) is 5.78. The second kappa shape index (κ2) is 7.67. The van der Waals surface area contributed by atoms with Crippen molar-refractivity contribution in [2.75, 3.05) is 13.7 Å². The first-order valence-corrected chi connectivity index (χ1v) is 10.1. The highest BCUT2D eigenvalue weighted by atomic mass is 16.5. The van der Waals surface area contributed by atoms with Crippen LogP contribution in [-0.4, -0.2) is 29.9 Å². The van der Waals surface area contributed by atoms with Gasteiger partial charge in [-0.3, -0.25) is 4.79 Å². The van der Waals surface area contributed by atoms with Crippen molar-refractivity contribution < 1.29 is 14.1 Å². The van der Waals surface area contributed by atoms with Gasteiger partial charge in [-0.1, -0.05) is 54.6 Å². The first-order valence-electron chi connectivity index (χ1n) is 10.1. The smallest absolute Gasteiger partial charge is 0.307 e. The van der Waals surface area contributed by atoms with Gasteiger partial charge in [-0.15, -0.1) is 0 Å². The minimum Gasteiger partial charge on any atom is -0.466 e. The standard InChI is InChI=1S/C26H26NO2/c1-4-29-24(28)18-26(2)23(17-14-19-10-6-5-7-11-19)27(3)22-16-15-20-12-8-9-13-21(20)25(22)26/h5-17H,4,18H2,1-3H3/q+1/b17-14+. The number of ether oxygens (including phenoxy) is 1. The summed E-state index contributed by atoms with van der Waals surface area (Å²) in [6, 6.07) is 22.9. The van der Waals surface area contributed by atoms with Gasteiger partial charge in [0, 0.05) is 17.7 Å². The number of fused-ring (bicyclic) bond motifs is 3. The molecule has 0 spiro atoms. The molecule has 0 amide bonds. The molecule has 0 aliphatic carbocycles. The SMILES string of the molecule is CCOC(=O)CC1(C)C(/C=C/c2ccccc2)=[N+](C)c2ccc3ccccc3c21. The predicted octanol–water partition coefficient (Wildman–Crippen LogP) is 5.49. The van der Waals surface area contributed by atoms with Crippen molar-refractivity contribution in [3.8, 4) is 0 Å². The molecular formula is C26H26NO2+. The largest absolute Gasteiger partial charge is 0.466 e. The third-order valence-electron chi connectivity index (χ3n) is 5.78. The van der Waals surface area contributed by atoms with Crippen LogP contribution in [0.15, 0.2) is 72.8 Å². The van der Waals surface area contributed by atoms with E-state index in [1.54, 1.807) is 0 Å². The highest BCUT2D eigenvalue weighted by molar-refractivity contribution is 6.10. The van der Waals surface area contributed by atoms with E-state index in [0.717, 1.165) is 17.0 Å². The highest BCUT2D eigenvalue weighted by Gasteiger charge is 2.49. The fraction of sp³-hybridized carbons (Fsp3) is 0.231. The Morgan fingerprint density at radius 2 is 1.72 bits per heavy atom. The molecule has 1 aliphatic rings. The summed E-state index contributed by atoms with van der Waals surface area (Å²) in [7, 11) is 2.08. The Morgan fingerprint density at radius 1 is 1.00 bits per heavy atom. The fourth-order valence-corrected chi connectivity index (χ4v) is 4.46. The van der Waals surface area contributed by atoms with Crippen LogP contribution in [0.25, 0.3) is 16.8 Å². The molecule has 3 aromatic carbocycles. The molecule has 0 bridgehead atoms. The van der Waals surface area contributed by atoms with Gasteiger partial charge < -0.3 is 4.74 Å². The summed E-state index contributed by atoms with van der Waals surface area (Å²) in [6.45, 7) is 4.40. The van der Waals surface area contributed by atoms with Gasteiger partial charge in [0.2, 0.25) is 5.69 Å². The van der Waals surface area contributed by atoms with E-state index < -0.39 is 5.41 Å². The van der Waals surface area contributed by atoms with Crippen LogP contribution in [0, 0.1) is 0 Å². The number of allylic oxidation sites excluding steroid dienone is 1. The summed E-state index contributed by atoms with van der Waals surface area (Å²) in [5.74, 6) is -0.171. The topological polar surface area (TPSA) is 29.3 Å². The molecule has 0 N–H and O–H groups in total. The molecule has 1 unspecified atom stereocenters. The molecular weight excluding hydrogens is 358 g/mol. The number of hydrogen-bond acceptors (Lipinski definition) is 2. The van der Waals surface area contributed by atoms with Crippen molar-refractivity contribution in [3.05, 3.63) is 83.9 Å². The van der Waals surface area contributed by atoms with Gasteiger partial charge in [0.15, 0.2) is 5.71 Å². The molecule has 0 saturated heterocycles. The average molecular weight is 384 g/mol. The molecule has 3 nitrogen and oxygen atoms in total. The number of esters is 1. The first-order chi connectivity index (χ1) is 14.0. The van der Waals surface area contributed by atoms with Crippen LogP contribution < -0.4 is 0 Å². The van der Waals surface area contributed by atoms with E-state index in [-0.39, 0.29) is 5.97 Å². The molecule has 0 aromatic heterocycles. The predicted molar refractivity (Wildman–Crippen MR) is 119 cm³/mol. The van der Waals surface area contributed by atoms with Crippen LogP contribution in [0.2, 0.25) is 0 Å². The summed E-state index contributed by atoms with van der Waals surface area (Å²) in [5.41, 5.74) is 4.10. The van der Waals surface area contributed by atoms with Crippen molar-refractivity contribution >= 4 is 34.2 Å². The van der Waals surface area contributed by atoms with Gasteiger partial charge in [-0.25, -0.2) is 0 Å². The second-order valence-electron chi connectivity index (χ2n) is 7.68. The fourth-order valence-electron chi connectivity index (χ4n) is 4.46. The molecule has 0 radical (unpaired) electrons. The lowest BCUT2D eigenvalue weighted by Gasteiger charge is -2.22. The summed E-state index contributed by atoms with van der Waals surface area (Å²) < 4.78 is 7.56. The van der Waals surface area contributed by atoms with Gasteiger partial charge in [0.25, 0.3) is 0 Å². The summed E-state index contributed by atoms with van der Waals surface area (Å²) in [4.78, 5) is 12.6. The maximum atomic E-state index is 12.6. The van der Waals surface area contributed by atoms with E-state index in [1.807, 2.05) is 25.1 Å². The van der Waals surface area contributed by atoms with Crippen LogP contribution in [-0.2, 0) is 14.9 Å². The number of nitrogens with zero attached hydrogens (tertiary/aromatic N) is 1. The van der Waals surface area contributed by atoms with E-state index in [9.17, 15) is 4.79 Å². The van der Waals surface area contributed by atoms with Crippen molar-refractivity contribution in [2.24, 2.45) is 0 Å². The minimum absolute atomic E-state index is 0.171. The van der Waals surface area contributed by atoms with Gasteiger partial charge >= 0.3 is 5.97 Å². The Hall–Kier alpha value is -3.20. The van der Waals surface area contributed by atoms with Gasteiger partial charge in [-0.2, -0.15) is 4.58 Å². The molecule has 0 saturated carbocycles. The van der Waals surface area contributed by atoms with Crippen LogP contribution in [0.1, 0.15) is 31.4 Å². The van der Waals surface area contributed by atoms with Crippen LogP contribution in [0.4, 0.5) is 5.69 Å². The Kier molecular flexibility index (Phi) is 5.06. The van der Waals surface area contributed by atoms with Gasteiger partial charge in [-0.05, 0) is 42.3 Å². The van der Waals surface area contributed by atoms with Crippen LogP contribution >= 0.6 is 0 Å². The van der Waals surface area contributed by atoms with Crippen molar-refractivity contribution in [2.45, 2.75) is 25.7 Å². The summed E-state index contributed by atoms with van der Waals surface area (Å²) in [6.07, 6.45) is 4.56. The molecule has 4 rings (SSSR count). The Bertz CT molecular complexity index is 1130. The lowest BCUT2D eigenvalue weighted by molar-refractivity contribution is -0.401. The van der Waals surface area contributed by atoms with E-state index in [2.05, 4.69) is 79.2 Å². The Labute approximate surface area is 172 Å². The van der Waals surface area contributed by atoms with Crippen molar-refractivity contribution in [1.29, 1.82) is 0 Å². The molecule has 0 fully saturated rings. The number of hydrogen-bond donors (Lipinski definition) is 0. The molecule has 3 heteroatoms. The zero-order valence-corrected chi connectivity index (χ0v) is 17.2. The monoisotopic (exact) mass is 384 g/mol. The lowest BCUT2D eigenvalue weighted by Crippen LogP contribution is -2.34. The molecule has 1 aliphatic heterocycles. The zero-order chi connectivity index (χ0) is 20.4. The summed E-state index contributed by atoms with van der Waals surface area (Å²) >= 11 is 0. The van der Waals surface area contributed by atoms with E-state index in [0.29, 0.717) is 13.0 Å². The molecule has 29 heavy (non-hydrogen) atoms. The van der Waals surface area contributed by atoms with Crippen LogP contribution in [0.3, 0.4) is 0 Å². The maximum Gasteiger partial charge on any atom is 0.307 e. The van der Waals surface area contributed by atoms with Crippen molar-refractivity contribution in [3.63, 3.8) is 0 Å². The normalized spacial score (nSPS) is 18.4. The Morgan fingerprint density at radius 3 is 2.48 bits per heavy atom. The summed E-state index contributed by atoms with van der Waals surface area (Å²) in [5, 5.41) is 2.37. The highest BCUT2D eigenvalue weighted by Crippen LogP contribution is 2.46. The minimum atomic E-state index is -0.470. The number of rotatable bonds is 5.